The minimum absolute atomic E-state index is 0.0816. The molecular formula is C12H21NO3S. The van der Waals surface area contributed by atoms with Crippen LogP contribution in [-0.2, 0) is 10.0 Å². The van der Waals surface area contributed by atoms with Crippen molar-refractivity contribution in [1.29, 1.82) is 0 Å². The number of aliphatic hydroxyl groups excluding tert-OH is 1. The molecule has 1 aliphatic heterocycles. The van der Waals surface area contributed by atoms with Gasteiger partial charge in [-0.3, -0.25) is 0 Å². The summed E-state index contributed by atoms with van der Waals surface area (Å²) in [5.41, 5.74) is 0. The van der Waals surface area contributed by atoms with Crippen LogP contribution in [0.5, 0.6) is 0 Å². The zero-order chi connectivity index (χ0) is 12.0. The lowest BCUT2D eigenvalue weighted by molar-refractivity contribution is 0.0974. The van der Waals surface area contributed by atoms with Crippen LogP contribution in [0, 0.1) is 5.92 Å². The van der Waals surface area contributed by atoms with E-state index in [2.05, 4.69) is 0 Å². The Morgan fingerprint density at radius 2 is 1.76 bits per heavy atom. The van der Waals surface area contributed by atoms with Crippen molar-refractivity contribution in [3.63, 3.8) is 0 Å². The summed E-state index contributed by atoms with van der Waals surface area (Å²) in [4.78, 5) is 0. The summed E-state index contributed by atoms with van der Waals surface area (Å²) < 4.78 is 26.4. The molecule has 1 N–H and O–H groups in total. The Kier molecular flexibility index (Phi) is 2.96. The molecule has 5 heteroatoms. The maximum absolute atomic E-state index is 12.3. The molecule has 98 valence electrons. The highest BCUT2D eigenvalue weighted by atomic mass is 32.2. The zero-order valence-corrected chi connectivity index (χ0v) is 10.9. The number of rotatable bonds is 3. The molecule has 3 unspecified atom stereocenters. The van der Waals surface area contributed by atoms with E-state index in [-0.39, 0.29) is 23.3 Å². The second kappa shape index (κ2) is 4.21. The van der Waals surface area contributed by atoms with E-state index >= 15 is 0 Å². The van der Waals surface area contributed by atoms with E-state index in [0.29, 0.717) is 6.54 Å². The van der Waals surface area contributed by atoms with Crippen molar-refractivity contribution in [2.45, 2.75) is 62.3 Å². The first-order valence-electron chi connectivity index (χ1n) is 6.79. The van der Waals surface area contributed by atoms with E-state index in [4.69, 9.17) is 0 Å². The summed E-state index contributed by atoms with van der Waals surface area (Å²) in [5, 5.41) is 9.86. The fourth-order valence-electron chi connectivity index (χ4n) is 3.49. The van der Waals surface area contributed by atoms with Crippen molar-refractivity contribution in [1.82, 2.24) is 4.31 Å². The van der Waals surface area contributed by atoms with Gasteiger partial charge < -0.3 is 5.11 Å². The topological polar surface area (TPSA) is 57.6 Å². The van der Waals surface area contributed by atoms with Crippen LogP contribution in [0.15, 0.2) is 0 Å². The minimum atomic E-state index is -3.05. The summed E-state index contributed by atoms with van der Waals surface area (Å²) in [5.74, 6) is 0.186. The Morgan fingerprint density at radius 1 is 1.00 bits per heavy atom. The second-order valence-electron chi connectivity index (χ2n) is 5.73. The van der Waals surface area contributed by atoms with E-state index in [0.717, 1.165) is 44.9 Å². The standard InChI is InChI=1S/C12H21NO3S/c14-12-5-1-3-10(12)11-4-2-8-13(11)17(15,16)9-6-7-9/h9-12,14H,1-8H2. The first-order chi connectivity index (χ1) is 8.10. The smallest absolute Gasteiger partial charge is 0.217 e. The summed E-state index contributed by atoms with van der Waals surface area (Å²) >= 11 is 0. The number of hydrogen-bond donors (Lipinski definition) is 1. The molecule has 1 saturated heterocycles. The first-order valence-corrected chi connectivity index (χ1v) is 8.30. The first kappa shape index (κ1) is 11.9. The average Bonchev–Trinajstić information content (AvgIpc) is 2.89. The van der Waals surface area contributed by atoms with E-state index < -0.39 is 10.0 Å². The monoisotopic (exact) mass is 259 g/mol. The molecule has 0 aromatic heterocycles. The quantitative estimate of drug-likeness (QED) is 0.826. The number of hydrogen-bond acceptors (Lipinski definition) is 3. The molecule has 0 radical (unpaired) electrons. The Hall–Kier alpha value is -0.130. The maximum atomic E-state index is 12.3. The third kappa shape index (κ3) is 2.02. The highest BCUT2D eigenvalue weighted by Crippen LogP contribution is 2.40. The van der Waals surface area contributed by atoms with E-state index in [1.165, 1.54) is 0 Å². The molecule has 3 atom stereocenters. The van der Waals surface area contributed by atoms with Crippen LogP contribution in [0.2, 0.25) is 0 Å². The molecule has 3 aliphatic rings. The fraction of sp³-hybridized carbons (Fsp3) is 1.00. The molecule has 2 saturated carbocycles. The predicted octanol–water partition coefficient (Wildman–Crippen LogP) is 1.10. The van der Waals surface area contributed by atoms with Gasteiger partial charge in [-0.15, -0.1) is 0 Å². The number of sulfonamides is 1. The van der Waals surface area contributed by atoms with Gasteiger partial charge in [-0.25, -0.2) is 8.42 Å². The van der Waals surface area contributed by atoms with Gasteiger partial charge in [0.25, 0.3) is 0 Å². The van der Waals surface area contributed by atoms with Crippen molar-refractivity contribution in [3.05, 3.63) is 0 Å². The molecular weight excluding hydrogens is 238 g/mol. The lowest BCUT2D eigenvalue weighted by atomic mass is 9.95. The maximum Gasteiger partial charge on any atom is 0.217 e. The summed E-state index contributed by atoms with van der Waals surface area (Å²) in [6.07, 6.45) is 6.15. The van der Waals surface area contributed by atoms with Gasteiger partial charge >= 0.3 is 0 Å². The van der Waals surface area contributed by atoms with Crippen LogP contribution in [0.3, 0.4) is 0 Å². The SMILES string of the molecule is O=S(=O)(C1CC1)N1CCCC1C1CCCC1O. The van der Waals surface area contributed by atoms with E-state index in [1.54, 1.807) is 4.31 Å². The van der Waals surface area contributed by atoms with Crippen LogP contribution >= 0.6 is 0 Å². The third-order valence-electron chi connectivity index (χ3n) is 4.55. The lowest BCUT2D eigenvalue weighted by Gasteiger charge is -2.30. The van der Waals surface area contributed by atoms with Crippen molar-refractivity contribution in [2.75, 3.05) is 6.54 Å². The van der Waals surface area contributed by atoms with Gasteiger partial charge in [-0.2, -0.15) is 4.31 Å². The van der Waals surface area contributed by atoms with Crippen LogP contribution in [-0.4, -0.2) is 41.8 Å². The molecule has 0 spiro atoms. The lowest BCUT2D eigenvalue weighted by Crippen LogP contribution is -2.43. The van der Waals surface area contributed by atoms with Crippen molar-refractivity contribution in [2.24, 2.45) is 5.92 Å². The zero-order valence-electron chi connectivity index (χ0n) is 10.1. The fourth-order valence-corrected chi connectivity index (χ4v) is 5.62. The Balaban J connectivity index is 1.80. The second-order valence-corrected chi connectivity index (χ2v) is 7.89. The largest absolute Gasteiger partial charge is 0.393 e. The number of aliphatic hydroxyl groups is 1. The molecule has 3 rings (SSSR count). The summed E-state index contributed by atoms with van der Waals surface area (Å²) in [7, 11) is -3.05. The highest BCUT2D eigenvalue weighted by Gasteiger charge is 2.48. The molecule has 17 heavy (non-hydrogen) atoms. The Bertz CT molecular complexity index is 391. The van der Waals surface area contributed by atoms with Gasteiger partial charge in [0.05, 0.1) is 11.4 Å². The molecule has 0 aromatic rings. The molecule has 0 amide bonds. The van der Waals surface area contributed by atoms with Crippen molar-refractivity contribution in [3.8, 4) is 0 Å². The summed E-state index contributed by atoms with van der Waals surface area (Å²) in [6.45, 7) is 0.673. The van der Waals surface area contributed by atoms with Crippen LogP contribution < -0.4 is 0 Å². The van der Waals surface area contributed by atoms with Crippen LogP contribution in [0.25, 0.3) is 0 Å². The average molecular weight is 259 g/mol. The van der Waals surface area contributed by atoms with Gasteiger partial charge in [0, 0.05) is 18.5 Å². The predicted molar refractivity (Wildman–Crippen MR) is 65.0 cm³/mol. The van der Waals surface area contributed by atoms with Crippen molar-refractivity contribution < 1.29 is 13.5 Å². The number of nitrogens with zero attached hydrogens (tertiary/aromatic N) is 1. The molecule has 4 nitrogen and oxygen atoms in total. The third-order valence-corrected chi connectivity index (χ3v) is 6.97. The van der Waals surface area contributed by atoms with Crippen molar-refractivity contribution >= 4 is 10.0 Å². The van der Waals surface area contributed by atoms with Gasteiger partial charge in [-0.05, 0) is 38.5 Å². The minimum Gasteiger partial charge on any atom is -0.393 e. The van der Waals surface area contributed by atoms with Crippen LogP contribution in [0.1, 0.15) is 44.9 Å². The van der Waals surface area contributed by atoms with Gasteiger partial charge in [0.15, 0.2) is 0 Å². The summed E-state index contributed by atoms with van der Waals surface area (Å²) in [6, 6.07) is 0.0816. The van der Waals surface area contributed by atoms with E-state index in [1.807, 2.05) is 0 Å². The molecule has 3 fully saturated rings. The van der Waals surface area contributed by atoms with Gasteiger partial charge in [-0.1, -0.05) is 6.42 Å². The van der Waals surface area contributed by atoms with Gasteiger partial charge in [0.1, 0.15) is 0 Å². The molecule has 0 bridgehead atoms. The molecule has 1 heterocycles. The molecule has 2 aliphatic carbocycles. The van der Waals surface area contributed by atoms with E-state index in [9.17, 15) is 13.5 Å². The highest BCUT2D eigenvalue weighted by molar-refractivity contribution is 7.90. The molecule has 0 aromatic carbocycles. The van der Waals surface area contributed by atoms with Gasteiger partial charge in [0.2, 0.25) is 10.0 Å². The Labute approximate surface area is 103 Å². The Morgan fingerprint density at radius 3 is 2.35 bits per heavy atom. The normalized spacial score (nSPS) is 39.9. The van der Waals surface area contributed by atoms with Crippen LogP contribution in [0.4, 0.5) is 0 Å².